The van der Waals surface area contributed by atoms with Crippen molar-refractivity contribution in [1.29, 1.82) is 0 Å². The molecule has 0 radical (unpaired) electrons. The predicted octanol–water partition coefficient (Wildman–Crippen LogP) is 1.77. The summed E-state index contributed by atoms with van der Waals surface area (Å²) in [5, 5.41) is 16.1. The molecule has 1 aromatic heterocycles. The molecule has 0 unspecified atom stereocenters. The first kappa shape index (κ1) is 11.4. The van der Waals surface area contributed by atoms with E-state index in [0.29, 0.717) is 11.5 Å². The van der Waals surface area contributed by atoms with Gasteiger partial charge in [-0.05, 0) is 6.07 Å². The summed E-state index contributed by atoms with van der Waals surface area (Å²) in [4.78, 5) is 11.0. The molecular weight excluding hydrogens is 194 g/mol. The molecule has 0 saturated heterocycles. The first-order valence-electron chi connectivity index (χ1n) is 4.66. The molecule has 0 fully saturated rings. The number of Topliss-reactive ketones (excluding diaryl/α,β-unsaturated/α-hetero) is 1. The summed E-state index contributed by atoms with van der Waals surface area (Å²) in [7, 11) is 0. The molecule has 0 spiro atoms. The molecule has 1 heterocycles. The number of oxime groups is 1. The van der Waals surface area contributed by atoms with Crippen LogP contribution in [0.5, 0.6) is 0 Å². The largest absolute Gasteiger partial charge is 0.409 e. The Balaban J connectivity index is 3.11. The first-order chi connectivity index (χ1) is 6.86. The van der Waals surface area contributed by atoms with Gasteiger partial charge in [-0.15, -0.1) is 0 Å². The molecular formula is C10H15N3O2. The lowest BCUT2D eigenvalue weighted by atomic mass is 9.95. The molecule has 0 saturated carbocycles. The van der Waals surface area contributed by atoms with Gasteiger partial charge in [-0.3, -0.25) is 4.79 Å². The van der Waals surface area contributed by atoms with Gasteiger partial charge in [0, 0.05) is 18.5 Å². The molecule has 0 aliphatic carbocycles. The lowest BCUT2D eigenvalue weighted by molar-refractivity contribution is 0.101. The van der Waals surface area contributed by atoms with Crippen molar-refractivity contribution in [2.75, 3.05) is 0 Å². The molecule has 1 aromatic rings. The van der Waals surface area contributed by atoms with E-state index >= 15 is 0 Å². The van der Waals surface area contributed by atoms with E-state index in [1.165, 1.54) is 11.6 Å². The third-order valence-electron chi connectivity index (χ3n) is 1.93. The maximum Gasteiger partial charge on any atom is 0.179 e. The van der Waals surface area contributed by atoms with Gasteiger partial charge in [0.05, 0.1) is 0 Å². The summed E-state index contributed by atoms with van der Waals surface area (Å²) in [6.07, 6.45) is 1.61. The predicted molar refractivity (Wildman–Crippen MR) is 56.3 cm³/mol. The number of carbonyl (C=O) groups is 1. The van der Waals surface area contributed by atoms with Crippen molar-refractivity contribution in [2.24, 2.45) is 10.6 Å². The lowest BCUT2D eigenvalue weighted by Gasteiger charge is -2.19. The third-order valence-corrected chi connectivity index (χ3v) is 1.93. The summed E-state index contributed by atoms with van der Waals surface area (Å²) in [6, 6.07) is 1.60. The van der Waals surface area contributed by atoms with Crippen molar-refractivity contribution < 1.29 is 10.0 Å². The topological polar surface area (TPSA) is 67.5 Å². The monoisotopic (exact) mass is 209 g/mol. The minimum atomic E-state index is -0.338. The van der Waals surface area contributed by atoms with Crippen LogP contribution >= 0.6 is 0 Å². The highest BCUT2D eigenvalue weighted by Crippen LogP contribution is 2.17. The molecule has 1 N–H and O–H groups in total. The fraction of sp³-hybridized carbons (Fsp3) is 0.500. The number of carbonyl (C=O) groups excluding carboxylic acids is 1. The van der Waals surface area contributed by atoms with Crippen LogP contribution in [0, 0.1) is 5.41 Å². The van der Waals surface area contributed by atoms with E-state index in [-0.39, 0.29) is 11.2 Å². The normalized spacial score (nSPS) is 12.9. The van der Waals surface area contributed by atoms with Crippen LogP contribution in [0.3, 0.4) is 0 Å². The van der Waals surface area contributed by atoms with Gasteiger partial charge in [0.25, 0.3) is 0 Å². The number of nitrogens with zero attached hydrogens (tertiary/aromatic N) is 3. The number of hydrogen-bond acceptors (Lipinski definition) is 4. The smallest absolute Gasteiger partial charge is 0.179 e. The van der Waals surface area contributed by atoms with Gasteiger partial charge < -0.3 is 5.21 Å². The van der Waals surface area contributed by atoms with Crippen LogP contribution in [0.2, 0.25) is 0 Å². The average Bonchev–Trinajstić information content (AvgIpc) is 2.51. The molecule has 5 heteroatoms. The Kier molecular flexibility index (Phi) is 2.93. The zero-order valence-electron chi connectivity index (χ0n) is 9.35. The fourth-order valence-corrected chi connectivity index (χ4v) is 1.17. The summed E-state index contributed by atoms with van der Waals surface area (Å²) >= 11 is 0. The molecule has 0 aliphatic rings. The molecule has 5 nitrogen and oxygen atoms in total. The summed E-state index contributed by atoms with van der Waals surface area (Å²) in [5.74, 6) is 0.287. The van der Waals surface area contributed by atoms with Crippen LogP contribution in [0.1, 0.15) is 38.2 Å². The van der Waals surface area contributed by atoms with Crippen LogP contribution < -0.4 is 0 Å². The fourth-order valence-electron chi connectivity index (χ4n) is 1.17. The van der Waals surface area contributed by atoms with Gasteiger partial charge >= 0.3 is 0 Å². The molecule has 0 aromatic carbocycles. The minimum absolute atomic E-state index is 0.111. The second kappa shape index (κ2) is 3.84. The Labute approximate surface area is 88.4 Å². The maximum atomic E-state index is 11.0. The number of aromatic nitrogens is 2. The highest BCUT2D eigenvalue weighted by Gasteiger charge is 2.22. The van der Waals surface area contributed by atoms with Crippen molar-refractivity contribution in [3.63, 3.8) is 0 Å². The van der Waals surface area contributed by atoms with Gasteiger partial charge in [0.2, 0.25) is 0 Å². The number of hydrogen-bond donors (Lipinski definition) is 1. The molecule has 0 bridgehead atoms. The van der Waals surface area contributed by atoms with Crippen LogP contribution in [-0.2, 0) is 0 Å². The molecule has 1 rings (SSSR count). The number of ketones is 1. The van der Waals surface area contributed by atoms with Crippen LogP contribution in [-0.4, -0.2) is 26.6 Å². The standard InChI is InChI=1S/C10H15N3O2/c1-7(14)8-5-6-13(11-8)9(12-15)10(2,3)4/h5-6,15H,1-4H3/b12-9+. The Morgan fingerprint density at radius 1 is 1.53 bits per heavy atom. The average molecular weight is 209 g/mol. The van der Waals surface area contributed by atoms with Gasteiger partial charge in [0.1, 0.15) is 5.69 Å². The van der Waals surface area contributed by atoms with Gasteiger partial charge in [0.15, 0.2) is 11.6 Å². The van der Waals surface area contributed by atoms with E-state index in [1.807, 2.05) is 20.8 Å². The second-order valence-electron chi connectivity index (χ2n) is 4.38. The van der Waals surface area contributed by atoms with Crippen molar-refractivity contribution in [2.45, 2.75) is 27.7 Å². The Bertz CT molecular complexity index is 399. The van der Waals surface area contributed by atoms with Crippen LogP contribution in [0.4, 0.5) is 0 Å². The van der Waals surface area contributed by atoms with E-state index in [0.717, 1.165) is 0 Å². The lowest BCUT2D eigenvalue weighted by Crippen LogP contribution is -2.28. The summed E-state index contributed by atoms with van der Waals surface area (Å²) < 4.78 is 1.41. The van der Waals surface area contributed by atoms with Gasteiger partial charge in [-0.1, -0.05) is 25.9 Å². The quantitative estimate of drug-likeness (QED) is 0.252. The van der Waals surface area contributed by atoms with Crippen molar-refractivity contribution in [1.82, 2.24) is 9.78 Å². The second-order valence-corrected chi connectivity index (χ2v) is 4.38. The first-order valence-corrected chi connectivity index (χ1v) is 4.66. The Hall–Kier alpha value is -1.65. The van der Waals surface area contributed by atoms with E-state index < -0.39 is 0 Å². The van der Waals surface area contributed by atoms with E-state index in [1.54, 1.807) is 12.3 Å². The van der Waals surface area contributed by atoms with Gasteiger partial charge in [-0.25, -0.2) is 4.68 Å². The van der Waals surface area contributed by atoms with Crippen LogP contribution in [0.25, 0.3) is 0 Å². The molecule has 15 heavy (non-hydrogen) atoms. The van der Waals surface area contributed by atoms with Gasteiger partial charge in [-0.2, -0.15) is 5.10 Å². The summed E-state index contributed by atoms with van der Waals surface area (Å²) in [5.41, 5.74) is 0.0230. The molecule has 0 amide bonds. The maximum absolute atomic E-state index is 11.0. The van der Waals surface area contributed by atoms with Crippen molar-refractivity contribution in [3.8, 4) is 0 Å². The SMILES string of the molecule is CC(=O)c1ccn(/C(=N/O)C(C)(C)C)n1. The zero-order chi connectivity index (χ0) is 11.6. The summed E-state index contributed by atoms with van der Waals surface area (Å²) in [6.45, 7) is 7.14. The van der Waals surface area contributed by atoms with Crippen LogP contribution in [0.15, 0.2) is 17.4 Å². The highest BCUT2D eigenvalue weighted by atomic mass is 16.4. The van der Waals surface area contributed by atoms with E-state index in [4.69, 9.17) is 5.21 Å². The highest BCUT2D eigenvalue weighted by molar-refractivity contribution is 5.93. The Morgan fingerprint density at radius 3 is 2.47 bits per heavy atom. The van der Waals surface area contributed by atoms with Crippen molar-refractivity contribution >= 4 is 11.6 Å². The molecule has 82 valence electrons. The van der Waals surface area contributed by atoms with Crippen molar-refractivity contribution in [3.05, 3.63) is 18.0 Å². The molecule has 0 atom stereocenters. The van der Waals surface area contributed by atoms with E-state index in [2.05, 4.69) is 10.3 Å². The molecule has 0 aliphatic heterocycles. The Morgan fingerprint density at radius 2 is 2.13 bits per heavy atom. The third kappa shape index (κ3) is 2.43. The number of rotatable bonds is 1. The zero-order valence-corrected chi connectivity index (χ0v) is 9.35. The minimum Gasteiger partial charge on any atom is -0.409 e. The van der Waals surface area contributed by atoms with E-state index in [9.17, 15) is 4.79 Å².